The highest BCUT2D eigenvalue weighted by molar-refractivity contribution is 14.1. The van der Waals surface area contributed by atoms with Crippen molar-refractivity contribution >= 4 is 55.4 Å². The van der Waals surface area contributed by atoms with Gasteiger partial charge in [0, 0.05) is 28.7 Å². The van der Waals surface area contributed by atoms with Crippen molar-refractivity contribution in [3.63, 3.8) is 0 Å². The summed E-state index contributed by atoms with van der Waals surface area (Å²) in [6, 6.07) is 9.21. The molecule has 32 heavy (non-hydrogen) atoms. The minimum atomic E-state index is -3.61. The third-order valence-electron chi connectivity index (χ3n) is 5.10. The molecule has 0 aliphatic heterocycles. The first kappa shape index (κ1) is 24.5. The van der Waals surface area contributed by atoms with Gasteiger partial charge in [0.1, 0.15) is 11.6 Å². The van der Waals surface area contributed by atoms with Gasteiger partial charge >= 0.3 is 0 Å². The van der Waals surface area contributed by atoms with E-state index in [2.05, 4.69) is 27.6 Å². The lowest BCUT2D eigenvalue weighted by atomic mass is 10.0. The summed E-state index contributed by atoms with van der Waals surface area (Å²) in [7, 11) is -3.61. The van der Waals surface area contributed by atoms with Crippen LogP contribution in [0.2, 0.25) is 0 Å². The zero-order valence-corrected chi connectivity index (χ0v) is 20.9. The first-order valence-corrected chi connectivity index (χ1v) is 13.5. The van der Waals surface area contributed by atoms with E-state index in [4.69, 9.17) is 15.3 Å². The zero-order valence-electron chi connectivity index (χ0n) is 18.0. The van der Waals surface area contributed by atoms with Crippen molar-refractivity contribution in [3.8, 4) is 11.3 Å². The molecule has 1 aromatic carbocycles. The van der Waals surface area contributed by atoms with Gasteiger partial charge in [0.15, 0.2) is 0 Å². The van der Waals surface area contributed by atoms with Gasteiger partial charge in [0.05, 0.1) is 17.2 Å². The van der Waals surface area contributed by atoms with Gasteiger partial charge in [0.25, 0.3) is 5.91 Å². The maximum absolute atomic E-state index is 12.6. The Hall–Kier alpha value is -2.18. The molecule has 172 valence electrons. The number of fused-ring (bicyclic) bond motifs is 1. The number of carbonyl (C=O) groups is 1. The van der Waals surface area contributed by atoms with Crippen LogP contribution in [0.25, 0.3) is 22.4 Å². The molecule has 0 atom stereocenters. The van der Waals surface area contributed by atoms with Crippen molar-refractivity contribution in [1.82, 2.24) is 4.98 Å². The summed E-state index contributed by atoms with van der Waals surface area (Å²) in [6.07, 6.45) is 3.00. The molecule has 8 nitrogen and oxygen atoms in total. The number of aliphatic hydroxyl groups is 1. The third-order valence-corrected chi connectivity index (χ3v) is 7.08. The first-order chi connectivity index (χ1) is 15.2. The summed E-state index contributed by atoms with van der Waals surface area (Å²) in [5.41, 5.74) is 8.47. The smallest absolute Gasteiger partial charge is 0.253 e. The Bertz CT molecular complexity index is 1220. The van der Waals surface area contributed by atoms with E-state index in [9.17, 15) is 13.2 Å². The van der Waals surface area contributed by atoms with Crippen molar-refractivity contribution in [2.24, 2.45) is 5.73 Å². The largest absolute Gasteiger partial charge is 0.437 e. The zero-order chi connectivity index (χ0) is 23.5. The number of hydrogen-bond acceptors (Lipinski definition) is 6. The highest BCUT2D eigenvalue weighted by Gasteiger charge is 2.27. The van der Waals surface area contributed by atoms with Crippen molar-refractivity contribution in [2.75, 3.05) is 23.7 Å². The van der Waals surface area contributed by atoms with E-state index < -0.39 is 15.9 Å². The van der Waals surface area contributed by atoms with E-state index in [-0.39, 0.29) is 30.2 Å². The number of furan rings is 1. The normalized spacial score (nSPS) is 11.8. The molecule has 0 spiro atoms. The van der Waals surface area contributed by atoms with Gasteiger partial charge < -0.3 is 15.3 Å². The van der Waals surface area contributed by atoms with E-state index in [1.807, 2.05) is 31.2 Å². The number of aryl methyl sites for hydroxylation is 1. The molecule has 3 aromatic rings. The van der Waals surface area contributed by atoms with Crippen LogP contribution in [0.15, 0.2) is 34.7 Å². The Morgan fingerprint density at radius 1 is 1.22 bits per heavy atom. The highest BCUT2D eigenvalue weighted by Crippen LogP contribution is 2.36. The van der Waals surface area contributed by atoms with Crippen LogP contribution in [0.1, 0.15) is 40.7 Å². The molecule has 0 aliphatic carbocycles. The van der Waals surface area contributed by atoms with Gasteiger partial charge in [-0.05, 0) is 32.3 Å². The van der Waals surface area contributed by atoms with Crippen LogP contribution in [0.4, 0.5) is 5.82 Å². The number of alkyl halides is 1. The van der Waals surface area contributed by atoms with Crippen molar-refractivity contribution in [1.29, 1.82) is 0 Å². The van der Waals surface area contributed by atoms with Crippen molar-refractivity contribution < 1.29 is 22.7 Å². The number of pyridine rings is 1. The minimum Gasteiger partial charge on any atom is -0.437 e. The van der Waals surface area contributed by atoms with Crippen LogP contribution in [-0.4, -0.2) is 43.8 Å². The number of aliphatic hydroxyl groups excluding tert-OH is 1. The summed E-state index contributed by atoms with van der Waals surface area (Å²) < 4.78 is 32.8. The van der Waals surface area contributed by atoms with E-state index >= 15 is 0 Å². The van der Waals surface area contributed by atoms with Crippen LogP contribution < -0.4 is 10.0 Å². The Balaban J connectivity index is 2.18. The van der Waals surface area contributed by atoms with Gasteiger partial charge in [-0.3, -0.25) is 9.10 Å². The fourth-order valence-electron chi connectivity index (χ4n) is 3.50. The molecule has 0 bridgehead atoms. The predicted octanol–water partition coefficient (Wildman–Crippen LogP) is 3.77. The molecule has 0 aliphatic rings. The second-order valence-corrected chi connectivity index (χ2v) is 10.3. The number of amides is 1. The number of rotatable bonds is 10. The van der Waals surface area contributed by atoms with E-state index in [0.29, 0.717) is 46.0 Å². The Morgan fingerprint density at radius 2 is 1.91 bits per heavy atom. The van der Waals surface area contributed by atoms with E-state index in [1.54, 1.807) is 6.07 Å². The Kier molecular flexibility index (Phi) is 7.78. The summed E-state index contributed by atoms with van der Waals surface area (Å²) in [4.78, 5) is 16.9. The van der Waals surface area contributed by atoms with Crippen molar-refractivity contribution in [3.05, 3.63) is 47.0 Å². The van der Waals surface area contributed by atoms with Gasteiger partial charge in [-0.1, -0.05) is 52.4 Å². The number of unbranched alkanes of at least 4 members (excludes halogenated alkanes) is 2. The number of carbonyl (C=O) groups excluding carboxylic acids is 1. The number of sulfonamides is 1. The average Bonchev–Trinajstić information content (AvgIpc) is 3.11. The average molecular weight is 571 g/mol. The van der Waals surface area contributed by atoms with Gasteiger partial charge in [0.2, 0.25) is 15.7 Å². The molecule has 0 unspecified atom stereocenters. The second-order valence-electron chi connectivity index (χ2n) is 7.61. The third kappa shape index (κ3) is 5.24. The summed E-state index contributed by atoms with van der Waals surface area (Å²) in [5, 5.41) is 9.45. The second kappa shape index (κ2) is 10.2. The lowest BCUT2D eigenvalue weighted by Gasteiger charge is -2.23. The maximum atomic E-state index is 12.6. The Labute approximate surface area is 201 Å². The number of nitrogens with two attached hydrogens (primary N) is 1. The van der Waals surface area contributed by atoms with Crippen molar-refractivity contribution in [2.45, 2.75) is 30.6 Å². The molecular weight excluding hydrogens is 545 g/mol. The minimum absolute atomic E-state index is 0.0617. The Morgan fingerprint density at radius 3 is 2.47 bits per heavy atom. The van der Waals surface area contributed by atoms with Gasteiger partial charge in [-0.15, -0.1) is 0 Å². The number of hydrogen-bond donors (Lipinski definition) is 2. The standard InChI is InChI=1S/C22H26IN3O5S/c1-14-6-8-15(9-7-14)19-18(20(24)28)17-12-16(13-23)21(25-22(17)31-19)26(32(2,29)30)10-4-3-5-11-27/h6-9,12,27H,3-5,10-11,13H2,1-2H3,(H2,24,28). The SMILES string of the molecule is Cc1ccc(-c2oc3nc(N(CCCCCO)S(C)(=O)=O)c(CI)cc3c2C(N)=O)cc1. The molecule has 1 amide bonds. The fraction of sp³-hybridized carbons (Fsp3) is 0.364. The first-order valence-electron chi connectivity index (χ1n) is 10.1. The van der Waals surface area contributed by atoms with Crippen LogP contribution in [0, 0.1) is 6.92 Å². The lowest BCUT2D eigenvalue weighted by Crippen LogP contribution is -2.32. The van der Waals surface area contributed by atoms with Crippen LogP contribution in [-0.2, 0) is 14.5 Å². The van der Waals surface area contributed by atoms with Gasteiger partial charge in [-0.25, -0.2) is 8.42 Å². The summed E-state index contributed by atoms with van der Waals surface area (Å²) >= 11 is 2.13. The fourth-order valence-corrected chi connectivity index (χ4v) is 4.99. The summed E-state index contributed by atoms with van der Waals surface area (Å²) in [6.45, 7) is 2.25. The molecule has 0 saturated carbocycles. The molecule has 3 N–H and O–H groups in total. The summed E-state index contributed by atoms with van der Waals surface area (Å²) in [5.74, 6) is -0.0544. The maximum Gasteiger partial charge on any atom is 0.253 e. The number of benzene rings is 1. The monoisotopic (exact) mass is 571 g/mol. The quantitative estimate of drug-likeness (QED) is 0.217. The molecule has 0 radical (unpaired) electrons. The van der Waals surface area contributed by atoms with Crippen LogP contribution in [0.3, 0.4) is 0 Å². The number of anilines is 1. The number of primary amides is 1. The number of nitrogens with zero attached hydrogens (tertiary/aromatic N) is 2. The topological polar surface area (TPSA) is 127 Å². The number of aromatic nitrogens is 1. The van der Waals surface area contributed by atoms with Crippen LogP contribution >= 0.6 is 22.6 Å². The molecule has 0 saturated heterocycles. The van der Waals surface area contributed by atoms with Crippen LogP contribution in [0.5, 0.6) is 0 Å². The molecule has 10 heteroatoms. The number of halogens is 1. The lowest BCUT2D eigenvalue weighted by molar-refractivity contribution is 0.100. The molecule has 3 rings (SSSR count). The van der Waals surface area contributed by atoms with Gasteiger partial charge in [-0.2, -0.15) is 4.98 Å². The highest BCUT2D eigenvalue weighted by atomic mass is 127. The predicted molar refractivity (Wildman–Crippen MR) is 134 cm³/mol. The molecule has 2 aromatic heterocycles. The molecule has 0 fully saturated rings. The molecule has 2 heterocycles. The molecular formula is C22H26IN3O5S. The van der Waals surface area contributed by atoms with E-state index in [0.717, 1.165) is 11.8 Å². The van der Waals surface area contributed by atoms with E-state index in [1.165, 1.54) is 4.31 Å².